The highest BCUT2D eigenvalue weighted by Gasteiger charge is 2.32. The second kappa shape index (κ2) is 9.88. The Kier molecular flexibility index (Phi) is 8.94. The Hall–Kier alpha value is -0.140. The molecule has 1 amide bonds. The van der Waals surface area contributed by atoms with Crippen molar-refractivity contribution in [3.8, 4) is 0 Å². The highest BCUT2D eigenvalue weighted by atomic mass is 79.9. The van der Waals surface area contributed by atoms with Gasteiger partial charge in [0.05, 0.1) is 6.61 Å². The molecule has 0 spiro atoms. The molecular weight excluding hydrogens is 388 g/mol. The molecule has 22 heavy (non-hydrogen) atoms. The minimum atomic E-state index is 0. The van der Waals surface area contributed by atoms with E-state index in [-0.39, 0.29) is 23.7 Å². The summed E-state index contributed by atoms with van der Waals surface area (Å²) in [7, 11) is 1.74. The van der Waals surface area contributed by atoms with E-state index in [4.69, 9.17) is 4.74 Å². The SMILES string of the molecule is COCC1(CNC(=O)CCc2cc(Br)cs2)CCNCC1.Cl. The second-order valence-corrected chi connectivity index (χ2v) is 7.60. The minimum absolute atomic E-state index is 0. The van der Waals surface area contributed by atoms with Crippen LogP contribution in [0.4, 0.5) is 0 Å². The van der Waals surface area contributed by atoms with Crippen molar-refractivity contribution in [2.24, 2.45) is 5.41 Å². The maximum atomic E-state index is 12.0. The van der Waals surface area contributed by atoms with Crippen LogP contribution in [0.5, 0.6) is 0 Å². The largest absolute Gasteiger partial charge is 0.384 e. The maximum Gasteiger partial charge on any atom is 0.220 e. The topological polar surface area (TPSA) is 50.4 Å². The zero-order valence-electron chi connectivity index (χ0n) is 12.8. The first kappa shape index (κ1) is 19.9. The van der Waals surface area contributed by atoms with Crippen molar-refractivity contribution in [2.45, 2.75) is 25.7 Å². The Bertz CT molecular complexity index is 459. The smallest absolute Gasteiger partial charge is 0.220 e. The second-order valence-electron chi connectivity index (χ2n) is 5.69. The van der Waals surface area contributed by atoms with Gasteiger partial charge in [0.2, 0.25) is 5.91 Å². The quantitative estimate of drug-likeness (QED) is 0.725. The molecule has 1 aromatic heterocycles. The summed E-state index contributed by atoms with van der Waals surface area (Å²) in [5.74, 6) is 0.133. The molecule has 1 saturated heterocycles. The van der Waals surface area contributed by atoms with E-state index in [1.54, 1.807) is 18.4 Å². The molecule has 1 aromatic rings. The molecule has 1 aliphatic rings. The summed E-state index contributed by atoms with van der Waals surface area (Å²) >= 11 is 5.13. The van der Waals surface area contributed by atoms with Crippen LogP contribution < -0.4 is 10.6 Å². The van der Waals surface area contributed by atoms with E-state index in [0.29, 0.717) is 13.0 Å². The van der Waals surface area contributed by atoms with Crippen molar-refractivity contribution in [1.29, 1.82) is 0 Å². The third-order valence-corrected chi connectivity index (χ3v) is 5.75. The zero-order chi connectivity index (χ0) is 15.1. The van der Waals surface area contributed by atoms with E-state index in [1.807, 2.05) is 0 Å². The lowest BCUT2D eigenvalue weighted by molar-refractivity contribution is -0.121. The van der Waals surface area contributed by atoms with Gasteiger partial charge in [-0.25, -0.2) is 0 Å². The van der Waals surface area contributed by atoms with Gasteiger partial charge >= 0.3 is 0 Å². The van der Waals surface area contributed by atoms with Crippen LogP contribution in [0.2, 0.25) is 0 Å². The molecule has 0 atom stereocenters. The number of carbonyl (C=O) groups is 1. The van der Waals surface area contributed by atoms with Crippen LogP contribution in [-0.2, 0) is 16.0 Å². The van der Waals surface area contributed by atoms with Gasteiger partial charge in [0.15, 0.2) is 0 Å². The van der Waals surface area contributed by atoms with Gasteiger partial charge in [-0.15, -0.1) is 23.7 Å². The Balaban J connectivity index is 0.00000242. The Labute approximate surface area is 150 Å². The van der Waals surface area contributed by atoms with Crippen molar-refractivity contribution in [1.82, 2.24) is 10.6 Å². The average molecular weight is 412 g/mol. The van der Waals surface area contributed by atoms with Crippen LogP contribution in [0.15, 0.2) is 15.9 Å². The molecule has 0 unspecified atom stereocenters. The fraction of sp³-hybridized carbons (Fsp3) is 0.667. The number of rotatable bonds is 7. The zero-order valence-corrected chi connectivity index (χ0v) is 16.0. The van der Waals surface area contributed by atoms with Crippen molar-refractivity contribution >= 4 is 45.6 Å². The molecule has 2 heterocycles. The summed E-state index contributed by atoms with van der Waals surface area (Å²) in [4.78, 5) is 13.3. The molecule has 4 nitrogen and oxygen atoms in total. The molecule has 2 rings (SSSR count). The van der Waals surface area contributed by atoms with E-state index in [9.17, 15) is 4.79 Å². The number of thiophene rings is 1. The highest BCUT2D eigenvalue weighted by Crippen LogP contribution is 2.28. The van der Waals surface area contributed by atoms with Crippen LogP contribution in [-0.4, -0.2) is 39.3 Å². The first-order chi connectivity index (χ1) is 10.1. The number of methoxy groups -OCH3 is 1. The normalized spacial score (nSPS) is 16.8. The third kappa shape index (κ3) is 6.16. The molecule has 0 bridgehead atoms. The number of piperidine rings is 1. The first-order valence-corrected chi connectivity index (χ1v) is 9.00. The molecule has 126 valence electrons. The van der Waals surface area contributed by atoms with Crippen LogP contribution in [0.3, 0.4) is 0 Å². The fourth-order valence-electron chi connectivity index (χ4n) is 2.73. The maximum absolute atomic E-state index is 12.0. The van der Waals surface area contributed by atoms with Crippen LogP contribution >= 0.6 is 39.7 Å². The van der Waals surface area contributed by atoms with Gasteiger partial charge in [0.1, 0.15) is 0 Å². The lowest BCUT2D eigenvalue weighted by Gasteiger charge is -2.37. The van der Waals surface area contributed by atoms with Crippen LogP contribution in [0.25, 0.3) is 0 Å². The molecule has 0 aromatic carbocycles. The summed E-state index contributed by atoms with van der Waals surface area (Å²) in [6.45, 7) is 3.44. The van der Waals surface area contributed by atoms with Gasteiger partial charge in [-0.3, -0.25) is 4.79 Å². The summed E-state index contributed by atoms with van der Waals surface area (Å²) in [5, 5.41) is 8.52. The van der Waals surface area contributed by atoms with Gasteiger partial charge in [0, 0.05) is 40.2 Å². The van der Waals surface area contributed by atoms with Gasteiger partial charge < -0.3 is 15.4 Å². The van der Waals surface area contributed by atoms with Crippen molar-refractivity contribution in [3.05, 3.63) is 20.8 Å². The van der Waals surface area contributed by atoms with Crippen LogP contribution in [0.1, 0.15) is 24.1 Å². The van der Waals surface area contributed by atoms with Crippen molar-refractivity contribution in [3.63, 3.8) is 0 Å². The summed E-state index contributed by atoms with van der Waals surface area (Å²) in [6, 6.07) is 2.08. The van der Waals surface area contributed by atoms with E-state index in [1.165, 1.54) is 4.88 Å². The molecular formula is C15H24BrClN2O2S. The van der Waals surface area contributed by atoms with Gasteiger partial charge in [-0.2, -0.15) is 0 Å². The summed E-state index contributed by atoms with van der Waals surface area (Å²) < 4.78 is 6.46. The standard InChI is InChI=1S/C15H23BrN2O2S.ClH/c1-20-11-15(4-6-17-7-5-15)10-18-14(19)3-2-13-8-12(16)9-21-13;/h8-9,17H,2-7,10-11H2,1H3,(H,18,19);1H. The summed E-state index contributed by atoms with van der Waals surface area (Å²) in [5.41, 5.74) is 0.0988. The Morgan fingerprint density at radius 3 is 2.82 bits per heavy atom. The lowest BCUT2D eigenvalue weighted by atomic mass is 9.79. The van der Waals surface area contributed by atoms with E-state index < -0.39 is 0 Å². The highest BCUT2D eigenvalue weighted by molar-refractivity contribution is 9.10. The van der Waals surface area contributed by atoms with Crippen molar-refractivity contribution in [2.75, 3.05) is 33.4 Å². The number of amides is 1. The number of nitrogens with one attached hydrogen (secondary N) is 2. The van der Waals surface area contributed by atoms with E-state index >= 15 is 0 Å². The predicted octanol–water partition coefficient (Wildman–Crippen LogP) is 3.00. The van der Waals surface area contributed by atoms with Gasteiger partial charge in [-0.05, 0) is 54.3 Å². The molecule has 1 aliphatic heterocycles. The average Bonchev–Trinajstić information content (AvgIpc) is 2.90. The molecule has 7 heteroatoms. The molecule has 0 saturated carbocycles. The monoisotopic (exact) mass is 410 g/mol. The van der Waals surface area contributed by atoms with Crippen LogP contribution in [0, 0.1) is 5.41 Å². The number of hydrogen-bond donors (Lipinski definition) is 2. The lowest BCUT2D eigenvalue weighted by Crippen LogP contribution is -2.47. The molecule has 2 N–H and O–H groups in total. The number of hydrogen-bond acceptors (Lipinski definition) is 4. The van der Waals surface area contributed by atoms with Gasteiger partial charge in [-0.1, -0.05) is 0 Å². The van der Waals surface area contributed by atoms with Crippen molar-refractivity contribution < 1.29 is 9.53 Å². The summed E-state index contributed by atoms with van der Waals surface area (Å²) in [6.07, 6.45) is 3.47. The number of aryl methyl sites for hydroxylation is 1. The minimum Gasteiger partial charge on any atom is -0.384 e. The van der Waals surface area contributed by atoms with E-state index in [0.717, 1.165) is 43.4 Å². The number of ether oxygens (including phenoxy) is 1. The fourth-order valence-corrected chi connectivity index (χ4v) is 4.19. The molecule has 0 aliphatic carbocycles. The number of halogens is 2. The molecule has 1 fully saturated rings. The number of carbonyl (C=O) groups excluding carboxylic acids is 1. The Morgan fingerprint density at radius 2 is 2.23 bits per heavy atom. The molecule has 0 radical (unpaired) electrons. The first-order valence-electron chi connectivity index (χ1n) is 7.33. The third-order valence-electron chi connectivity index (χ3n) is 4.00. The predicted molar refractivity (Wildman–Crippen MR) is 97.0 cm³/mol. The van der Waals surface area contributed by atoms with E-state index in [2.05, 4.69) is 38.0 Å². The Morgan fingerprint density at radius 1 is 1.50 bits per heavy atom. The van der Waals surface area contributed by atoms with Gasteiger partial charge in [0.25, 0.3) is 0 Å².